The maximum atomic E-state index is 13.3. The van der Waals surface area contributed by atoms with Crippen molar-refractivity contribution in [2.45, 2.75) is 37.1 Å². The van der Waals surface area contributed by atoms with Gasteiger partial charge in [-0.15, -0.1) is 0 Å². The molecule has 3 fully saturated rings. The smallest absolute Gasteiger partial charge is 0.242 e. The number of hydrogen-bond acceptors (Lipinski definition) is 5. The van der Waals surface area contributed by atoms with E-state index in [1.165, 1.54) is 4.90 Å². The monoisotopic (exact) mass is 428 g/mol. The number of ether oxygens (including phenoxy) is 1. The Balaban J connectivity index is 1.41. The highest BCUT2D eigenvalue weighted by atomic mass is 16.5. The highest BCUT2D eigenvalue weighted by molar-refractivity contribution is 5.95. The Morgan fingerprint density at radius 3 is 2.45 bits per heavy atom. The van der Waals surface area contributed by atoms with E-state index in [0.717, 1.165) is 18.4 Å². The van der Waals surface area contributed by atoms with Crippen LogP contribution in [0.3, 0.4) is 0 Å². The number of rotatable bonds is 7. The van der Waals surface area contributed by atoms with E-state index in [9.17, 15) is 19.2 Å². The molecule has 1 unspecified atom stereocenters. The summed E-state index contributed by atoms with van der Waals surface area (Å²) in [5.74, 6) is -0.281. The van der Waals surface area contributed by atoms with Gasteiger partial charge in [0.05, 0.1) is 12.5 Å². The number of nitrogens with zero attached hydrogens (tertiary/aromatic N) is 2. The summed E-state index contributed by atoms with van der Waals surface area (Å²) in [7, 11) is 3.18. The van der Waals surface area contributed by atoms with Gasteiger partial charge < -0.3 is 25.6 Å². The summed E-state index contributed by atoms with van der Waals surface area (Å²) in [6.45, 7) is 0.376. The molecule has 2 saturated heterocycles. The van der Waals surface area contributed by atoms with E-state index in [1.807, 2.05) is 24.3 Å². The molecule has 1 saturated carbocycles. The van der Waals surface area contributed by atoms with Crippen LogP contribution in [0, 0.1) is 5.41 Å². The van der Waals surface area contributed by atoms with Gasteiger partial charge in [0, 0.05) is 38.7 Å². The lowest BCUT2D eigenvalue weighted by atomic mass is 9.77. The zero-order valence-electron chi connectivity index (χ0n) is 17.8. The van der Waals surface area contributed by atoms with Crippen molar-refractivity contribution >= 4 is 23.6 Å². The first kappa shape index (κ1) is 21.1. The molecule has 0 radical (unpaired) electrons. The van der Waals surface area contributed by atoms with Crippen LogP contribution in [-0.4, -0.2) is 73.3 Å². The molecule has 0 aromatic heterocycles. The topological polar surface area (TPSA) is 122 Å². The van der Waals surface area contributed by atoms with Crippen molar-refractivity contribution in [3.05, 3.63) is 29.8 Å². The van der Waals surface area contributed by atoms with Crippen molar-refractivity contribution in [3.8, 4) is 5.75 Å². The van der Waals surface area contributed by atoms with Crippen molar-refractivity contribution in [3.63, 3.8) is 0 Å². The SMILES string of the molecule is COc1ccccc1C1(C(=O)N2CC(CNC(=O)C3CCC(=O)N3C)(C(N)=O)C2)CC1. The first-order valence-corrected chi connectivity index (χ1v) is 10.5. The van der Waals surface area contributed by atoms with Gasteiger partial charge in [-0.05, 0) is 25.3 Å². The molecule has 1 aromatic carbocycles. The Bertz CT molecular complexity index is 936. The molecule has 9 nitrogen and oxygen atoms in total. The number of nitrogens with two attached hydrogens (primary N) is 1. The van der Waals surface area contributed by atoms with E-state index in [4.69, 9.17) is 10.5 Å². The summed E-state index contributed by atoms with van der Waals surface area (Å²) in [4.78, 5) is 52.7. The maximum Gasteiger partial charge on any atom is 0.242 e. The number of primary amides is 1. The number of nitrogens with one attached hydrogen (secondary N) is 1. The normalized spacial score (nSPS) is 23.2. The van der Waals surface area contributed by atoms with Crippen LogP contribution in [0.1, 0.15) is 31.2 Å². The standard InChI is InChI=1S/C22H28N4O5/c1-25-15(7-8-17(25)27)18(28)24-11-21(19(23)29)12-26(13-21)20(30)22(9-10-22)14-5-3-4-6-16(14)31-2/h3-6,15H,7-13H2,1-2H3,(H2,23,29)(H,24,28). The third kappa shape index (κ3) is 3.41. The van der Waals surface area contributed by atoms with Crippen molar-refractivity contribution in [1.29, 1.82) is 0 Å². The van der Waals surface area contributed by atoms with Gasteiger partial charge >= 0.3 is 0 Å². The number of carbonyl (C=O) groups excluding carboxylic acids is 4. The fourth-order valence-corrected chi connectivity index (χ4v) is 4.73. The van der Waals surface area contributed by atoms with Gasteiger partial charge in [0.25, 0.3) is 0 Å². The molecule has 1 atom stereocenters. The van der Waals surface area contributed by atoms with Crippen LogP contribution in [0.15, 0.2) is 24.3 Å². The van der Waals surface area contributed by atoms with Crippen LogP contribution in [0.2, 0.25) is 0 Å². The number of para-hydroxylation sites is 1. The first-order valence-electron chi connectivity index (χ1n) is 10.5. The second-order valence-electron chi connectivity index (χ2n) is 8.87. The minimum absolute atomic E-state index is 0.0404. The Labute approximate surface area is 180 Å². The summed E-state index contributed by atoms with van der Waals surface area (Å²) in [5.41, 5.74) is 4.90. The molecule has 0 spiro atoms. The molecule has 3 aliphatic rings. The summed E-state index contributed by atoms with van der Waals surface area (Å²) in [6, 6.07) is 6.96. The molecular formula is C22H28N4O5. The fourth-order valence-electron chi connectivity index (χ4n) is 4.73. The second kappa shape index (κ2) is 7.55. The van der Waals surface area contributed by atoms with E-state index < -0.39 is 22.8 Å². The van der Waals surface area contributed by atoms with E-state index >= 15 is 0 Å². The minimum atomic E-state index is -0.997. The Morgan fingerprint density at radius 2 is 1.90 bits per heavy atom. The van der Waals surface area contributed by atoms with E-state index in [-0.39, 0.29) is 37.4 Å². The number of likely N-dealkylation sites (tertiary alicyclic amines) is 2. The number of benzene rings is 1. The van der Waals surface area contributed by atoms with Gasteiger partial charge in [0.15, 0.2) is 0 Å². The molecule has 166 valence electrons. The third-order valence-electron chi connectivity index (χ3n) is 6.98. The average molecular weight is 428 g/mol. The lowest BCUT2D eigenvalue weighted by Crippen LogP contribution is -2.69. The Kier molecular flexibility index (Phi) is 5.15. The predicted molar refractivity (Wildman–Crippen MR) is 111 cm³/mol. The van der Waals surface area contributed by atoms with Gasteiger partial charge in [-0.2, -0.15) is 0 Å². The third-order valence-corrected chi connectivity index (χ3v) is 6.98. The zero-order chi connectivity index (χ0) is 22.4. The molecule has 4 rings (SSSR count). The summed E-state index contributed by atoms with van der Waals surface area (Å²) >= 11 is 0. The van der Waals surface area contributed by atoms with Crippen molar-refractivity contribution in [2.75, 3.05) is 33.8 Å². The molecular weight excluding hydrogens is 400 g/mol. The van der Waals surface area contributed by atoms with Crippen molar-refractivity contribution < 1.29 is 23.9 Å². The van der Waals surface area contributed by atoms with E-state index in [2.05, 4.69) is 5.32 Å². The number of hydrogen-bond donors (Lipinski definition) is 2. The van der Waals surface area contributed by atoms with E-state index in [0.29, 0.717) is 18.6 Å². The number of methoxy groups -OCH3 is 1. The van der Waals surface area contributed by atoms with Gasteiger partial charge in [-0.1, -0.05) is 18.2 Å². The fraction of sp³-hybridized carbons (Fsp3) is 0.545. The number of likely N-dealkylation sites (N-methyl/N-ethyl adjacent to an activating group) is 1. The molecule has 31 heavy (non-hydrogen) atoms. The second-order valence-corrected chi connectivity index (χ2v) is 8.87. The van der Waals surface area contributed by atoms with Crippen molar-refractivity contribution in [2.24, 2.45) is 11.1 Å². The summed E-state index contributed by atoms with van der Waals surface area (Å²) in [6.07, 6.45) is 2.25. The average Bonchev–Trinajstić information content (AvgIpc) is 3.47. The highest BCUT2D eigenvalue weighted by Crippen LogP contribution is 2.53. The lowest BCUT2D eigenvalue weighted by molar-refractivity contribution is -0.154. The van der Waals surface area contributed by atoms with Crippen molar-refractivity contribution in [1.82, 2.24) is 15.1 Å². The quantitative estimate of drug-likeness (QED) is 0.622. The number of carbonyl (C=O) groups is 4. The van der Waals surface area contributed by atoms with Crippen LogP contribution in [0.4, 0.5) is 0 Å². The van der Waals surface area contributed by atoms with Crippen LogP contribution in [-0.2, 0) is 24.6 Å². The molecule has 2 aliphatic heterocycles. The molecule has 1 aliphatic carbocycles. The largest absolute Gasteiger partial charge is 0.496 e. The Hall–Kier alpha value is -3.10. The van der Waals surface area contributed by atoms with Gasteiger partial charge in [0.1, 0.15) is 17.2 Å². The van der Waals surface area contributed by atoms with Crippen LogP contribution >= 0.6 is 0 Å². The van der Waals surface area contributed by atoms with Gasteiger partial charge in [-0.3, -0.25) is 19.2 Å². The van der Waals surface area contributed by atoms with Gasteiger partial charge in [0.2, 0.25) is 23.6 Å². The summed E-state index contributed by atoms with van der Waals surface area (Å²) < 4.78 is 5.44. The summed E-state index contributed by atoms with van der Waals surface area (Å²) in [5, 5.41) is 2.77. The Morgan fingerprint density at radius 1 is 1.23 bits per heavy atom. The van der Waals surface area contributed by atoms with Crippen LogP contribution in [0.5, 0.6) is 5.75 Å². The zero-order valence-corrected chi connectivity index (χ0v) is 17.8. The molecule has 1 aromatic rings. The minimum Gasteiger partial charge on any atom is -0.496 e. The van der Waals surface area contributed by atoms with Crippen LogP contribution < -0.4 is 15.8 Å². The predicted octanol–water partition coefficient (Wildman–Crippen LogP) is -0.222. The maximum absolute atomic E-state index is 13.3. The molecule has 9 heteroatoms. The lowest BCUT2D eigenvalue weighted by Gasteiger charge is -2.49. The molecule has 4 amide bonds. The molecule has 0 bridgehead atoms. The number of amides is 4. The first-order chi connectivity index (χ1) is 14.7. The van der Waals surface area contributed by atoms with Crippen LogP contribution in [0.25, 0.3) is 0 Å². The van der Waals surface area contributed by atoms with E-state index in [1.54, 1.807) is 19.1 Å². The van der Waals surface area contributed by atoms with Gasteiger partial charge in [-0.25, -0.2) is 0 Å². The highest BCUT2D eigenvalue weighted by Gasteiger charge is 2.59. The molecule has 3 N–H and O–H groups in total. The molecule has 2 heterocycles.